The summed E-state index contributed by atoms with van der Waals surface area (Å²) in [5.74, 6) is -4.16. The van der Waals surface area contributed by atoms with Crippen molar-refractivity contribution in [1.29, 1.82) is 0 Å². The van der Waals surface area contributed by atoms with Crippen molar-refractivity contribution in [3.63, 3.8) is 0 Å². The Morgan fingerprint density at radius 3 is 2.47 bits per heavy atom. The molecule has 0 radical (unpaired) electrons. The third kappa shape index (κ3) is 6.26. The molecule has 2 N–H and O–H groups in total. The number of alkyl halides is 2. The van der Waals surface area contributed by atoms with Crippen LogP contribution in [-0.4, -0.2) is 56.9 Å². The number of rotatable bonds is 9. The van der Waals surface area contributed by atoms with Crippen LogP contribution in [0.15, 0.2) is 41.3 Å². The number of ether oxygens (including phenoxy) is 3. The maximum atomic E-state index is 13.9. The summed E-state index contributed by atoms with van der Waals surface area (Å²) in [5.41, 5.74) is -1.33. The smallest absolute Gasteiger partial charge is 0.412 e. The number of hydrogen-bond acceptors (Lipinski definition) is 7. The number of amides is 1. The molecular formula is C25H30F2N2O8S. The number of halogens is 2. The van der Waals surface area contributed by atoms with Gasteiger partial charge in [0.2, 0.25) is 0 Å². The molecule has 3 rings (SSSR count). The first-order chi connectivity index (χ1) is 17.5. The van der Waals surface area contributed by atoms with Crippen molar-refractivity contribution in [1.82, 2.24) is 0 Å². The van der Waals surface area contributed by atoms with E-state index >= 15 is 0 Å². The molecule has 0 aliphatic carbocycles. The average Bonchev–Trinajstić information content (AvgIpc) is 2.81. The van der Waals surface area contributed by atoms with Crippen LogP contribution in [-0.2, 0) is 19.6 Å². The molecule has 0 bridgehead atoms. The molecule has 2 aromatic rings. The van der Waals surface area contributed by atoms with Gasteiger partial charge >= 0.3 is 12.1 Å². The second-order valence-corrected chi connectivity index (χ2v) is 11.3. The number of aryl methyl sites for hydroxylation is 1. The van der Waals surface area contributed by atoms with Gasteiger partial charge in [0.1, 0.15) is 22.5 Å². The third-order valence-corrected chi connectivity index (χ3v) is 7.91. The predicted molar refractivity (Wildman–Crippen MR) is 135 cm³/mol. The number of hydrogen-bond donors (Lipinski definition) is 2. The Balaban J connectivity index is 2.02. The standard InChI is InChI=1S/C25H30F2N2O8S/c1-15-6-9-20(35-5)21(12-15)38(33,34)29-14-17(8-11-22(30)31)36-19-10-7-16(13-18(19)29)28-23(32)37-24(2,3)25(4,26)27/h6-7,9-10,12-13,17H,8,11,14H2,1-5H3,(H,28,32)(H,30,31). The number of nitrogens with one attached hydrogen (secondary N) is 1. The molecule has 1 aliphatic heterocycles. The summed E-state index contributed by atoms with van der Waals surface area (Å²) in [6, 6.07) is 8.74. The van der Waals surface area contributed by atoms with Crippen molar-refractivity contribution < 1.29 is 46.1 Å². The van der Waals surface area contributed by atoms with Crippen LogP contribution < -0.4 is 19.1 Å². The van der Waals surface area contributed by atoms with Gasteiger partial charge in [0.05, 0.1) is 19.3 Å². The van der Waals surface area contributed by atoms with Crippen LogP contribution in [0.5, 0.6) is 11.5 Å². The number of fused-ring (bicyclic) bond motifs is 1. The lowest BCUT2D eigenvalue weighted by Gasteiger charge is -2.36. The number of benzene rings is 2. The van der Waals surface area contributed by atoms with E-state index in [1.807, 2.05) is 0 Å². The molecule has 2 aromatic carbocycles. The monoisotopic (exact) mass is 556 g/mol. The molecule has 208 valence electrons. The largest absolute Gasteiger partial charge is 0.495 e. The van der Waals surface area contributed by atoms with E-state index in [1.165, 1.54) is 37.4 Å². The zero-order chi connectivity index (χ0) is 28.5. The van der Waals surface area contributed by atoms with E-state index in [2.05, 4.69) is 5.32 Å². The highest BCUT2D eigenvalue weighted by Gasteiger charge is 2.45. The molecule has 1 unspecified atom stereocenters. The Kier molecular flexibility index (Phi) is 8.10. The van der Waals surface area contributed by atoms with E-state index < -0.39 is 39.7 Å². The van der Waals surface area contributed by atoms with Crippen LogP contribution in [0.4, 0.5) is 25.0 Å². The first kappa shape index (κ1) is 29.0. The lowest BCUT2D eigenvalue weighted by Crippen LogP contribution is -2.45. The van der Waals surface area contributed by atoms with E-state index in [0.717, 1.165) is 18.2 Å². The SMILES string of the molecule is COc1ccc(C)cc1S(=O)(=O)N1CC(CCC(=O)O)Oc2ccc(NC(=O)OC(C)(C)C(C)(F)F)cc21. The van der Waals surface area contributed by atoms with Crippen LogP contribution in [0.2, 0.25) is 0 Å². The van der Waals surface area contributed by atoms with Crippen LogP contribution in [0, 0.1) is 6.92 Å². The van der Waals surface area contributed by atoms with Crippen LogP contribution in [0.1, 0.15) is 39.2 Å². The molecule has 1 amide bonds. The van der Waals surface area contributed by atoms with Gasteiger partial charge in [-0.2, -0.15) is 0 Å². The topological polar surface area (TPSA) is 131 Å². The van der Waals surface area contributed by atoms with Gasteiger partial charge < -0.3 is 19.3 Å². The fourth-order valence-corrected chi connectivity index (χ4v) is 5.36. The highest BCUT2D eigenvalue weighted by Crippen LogP contribution is 2.41. The summed E-state index contributed by atoms with van der Waals surface area (Å²) in [7, 11) is -2.93. The van der Waals surface area contributed by atoms with Crippen LogP contribution in [0.25, 0.3) is 0 Å². The number of carbonyl (C=O) groups is 2. The summed E-state index contributed by atoms with van der Waals surface area (Å²) in [6.45, 7) is 4.25. The Labute approximate surface area is 219 Å². The van der Waals surface area contributed by atoms with Gasteiger partial charge in [-0.05, 0) is 63.1 Å². The highest BCUT2D eigenvalue weighted by atomic mass is 32.2. The summed E-state index contributed by atoms with van der Waals surface area (Å²) in [4.78, 5) is 23.4. The minimum absolute atomic E-state index is 0.0401. The average molecular weight is 557 g/mol. The fraction of sp³-hybridized carbons (Fsp3) is 0.440. The molecule has 0 saturated carbocycles. The first-order valence-corrected chi connectivity index (χ1v) is 13.1. The number of anilines is 2. The first-order valence-electron chi connectivity index (χ1n) is 11.6. The molecule has 38 heavy (non-hydrogen) atoms. The number of aliphatic carboxylic acids is 1. The number of nitrogens with zero attached hydrogens (tertiary/aromatic N) is 1. The van der Waals surface area contributed by atoms with Gasteiger partial charge in [-0.15, -0.1) is 0 Å². The number of carbonyl (C=O) groups excluding carboxylic acids is 1. The van der Waals surface area contributed by atoms with Crippen molar-refractivity contribution in [3.8, 4) is 11.5 Å². The predicted octanol–water partition coefficient (Wildman–Crippen LogP) is 4.81. The van der Waals surface area contributed by atoms with E-state index in [1.54, 1.807) is 13.0 Å². The van der Waals surface area contributed by atoms with Crippen LogP contribution >= 0.6 is 0 Å². The van der Waals surface area contributed by atoms with Gasteiger partial charge in [-0.25, -0.2) is 22.0 Å². The normalized spacial score (nSPS) is 15.8. The van der Waals surface area contributed by atoms with Crippen molar-refractivity contribution in [2.24, 2.45) is 0 Å². The summed E-state index contributed by atoms with van der Waals surface area (Å²) in [6.07, 6.45) is -2.15. The van der Waals surface area contributed by atoms with Crippen molar-refractivity contribution in [2.45, 2.75) is 63.1 Å². The summed E-state index contributed by atoms with van der Waals surface area (Å²) < 4.78 is 72.4. The van der Waals surface area contributed by atoms with Crippen molar-refractivity contribution >= 4 is 33.5 Å². The van der Waals surface area contributed by atoms with Gasteiger partial charge in [-0.1, -0.05) is 6.07 Å². The maximum absolute atomic E-state index is 13.9. The third-order valence-electron chi connectivity index (χ3n) is 6.11. The zero-order valence-corrected chi connectivity index (χ0v) is 22.4. The maximum Gasteiger partial charge on any atom is 0.412 e. The lowest BCUT2D eigenvalue weighted by molar-refractivity contribution is -0.147. The second kappa shape index (κ2) is 10.6. The van der Waals surface area contributed by atoms with Crippen molar-refractivity contribution in [2.75, 3.05) is 23.3 Å². The Morgan fingerprint density at radius 2 is 1.87 bits per heavy atom. The number of methoxy groups -OCH3 is 1. The Bertz CT molecular complexity index is 1330. The molecule has 13 heteroatoms. The molecule has 0 fully saturated rings. The quantitative estimate of drug-likeness (QED) is 0.450. The zero-order valence-electron chi connectivity index (χ0n) is 21.6. The van der Waals surface area contributed by atoms with E-state index in [4.69, 9.17) is 19.3 Å². The number of carboxylic acids is 1. The number of sulfonamides is 1. The number of carboxylic acid groups (broad SMARTS) is 1. The minimum Gasteiger partial charge on any atom is -0.495 e. The molecule has 1 heterocycles. The molecule has 1 aliphatic rings. The van der Waals surface area contributed by atoms with E-state index in [9.17, 15) is 26.8 Å². The van der Waals surface area contributed by atoms with Crippen molar-refractivity contribution in [3.05, 3.63) is 42.0 Å². The molecular weight excluding hydrogens is 526 g/mol. The minimum atomic E-state index is -4.27. The molecule has 0 saturated heterocycles. The molecule has 0 spiro atoms. The molecule has 10 nitrogen and oxygen atoms in total. The highest BCUT2D eigenvalue weighted by molar-refractivity contribution is 7.93. The van der Waals surface area contributed by atoms with Gasteiger partial charge in [0.25, 0.3) is 15.9 Å². The fourth-order valence-electron chi connectivity index (χ4n) is 3.62. The summed E-state index contributed by atoms with van der Waals surface area (Å²) >= 11 is 0. The molecule has 0 aromatic heterocycles. The van der Waals surface area contributed by atoms with Gasteiger partial charge in [0.15, 0.2) is 5.60 Å². The van der Waals surface area contributed by atoms with Gasteiger partial charge in [-0.3, -0.25) is 14.4 Å². The second-order valence-electron chi connectivity index (χ2n) is 9.46. The van der Waals surface area contributed by atoms with E-state index in [0.29, 0.717) is 12.5 Å². The lowest BCUT2D eigenvalue weighted by atomic mass is 10.0. The Morgan fingerprint density at radius 1 is 1.18 bits per heavy atom. The Hall–Kier alpha value is -3.61. The van der Waals surface area contributed by atoms with E-state index in [-0.39, 0.29) is 47.2 Å². The molecule has 1 atom stereocenters. The van der Waals surface area contributed by atoms with Crippen LogP contribution in [0.3, 0.4) is 0 Å². The van der Waals surface area contributed by atoms with Gasteiger partial charge in [0, 0.05) is 19.0 Å². The summed E-state index contributed by atoms with van der Waals surface area (Å²) in [5, 5.41) is 11.4.